The van der Waals surface area contributed by atoms with Crippen molar-refractivity contribution in [3.05, 3.63) is 46.3 Å². The van der Waals surface area contributed by atoms with Gasteiger partial charge in [-0.25, -0.2) is 0 Å². The van der Waals surface area contributed by atoms with E-state index in [-0.39, 0.29) is 17.6 Å². The molecule has 1 aliphatic rings. The van der Waals surface area contributed by atoms with E-state index in [9.17, 15) is 9.90 Å². The zero-order valence-electron chi connectivity index (χ0n) is 18.3. The molecule has 0 saturated heterocycles. The molecular weight excluding hydrogens is 336 g/mol. The van der Waals surface area contributed by atoms with E-state index in [1.807, 2.05) is 6.92 Å². The predicted molar refractivity (Wildman–Crippen MR) is 113 cm³/mol. The number of aliphatic hydroxyl groups is 1. The van der Waals surface area contributed by atoms with Crippen molar-refractivity contribution in [1.82, 2.24) is 0 Å². The Morgan fingerprint density at radius 1 is 1.04 bits per heavy atom. The Labute approximate surface area is 165 Å². The molecule has 0 heterocycles. The van der Waals surface area contributed by atoms with Crippen molar-refractivity contribution in [2.75, 3.05) is 7.11 Å². The number of Topliss-reactive ketones (excluding diaryl/α,β-unsaturated/α-hetero) is 1. The average Bonchev–Trinajstić information content (AvgIpc) is 2.60. The van der Waals surface area contributed by atoms with Crippen molar-refractivity contribution in [3.8, 4) is 0 Å². The predicted octanol–water partition coefficient (Wildman–Crippen LogP) is 5.91. The van der Waals surface area contributed by atoms with Gasteiger partial charge in [0, 0.05) is 17.4 Å². The average molecular weight is 375 g/mol. The summed E-state index contributed by atoms with van der Waals surface area (Å²) in [5, 5.41) is 10.6. The van der Waals surface area contributed by atoms with Gasteiger partial charge in [0.05, 0.1) is 13.2 Å². The molecule has 1 aliphatic carbocycles. The van der Waals surface area contributed by atoms with Crippen LogP contribution in [0.4, 0.5) is 0 Å². The molecule has 0 spiro atoms. The summed E-state index contributed by atoms with van der Waals surface area (Å²) in [5.74, 6) is 0.0413. The van der Waals surface area contributed by atoms with Crippen LogP contribution in [0.2, 0.25) is 0 Å². The van der Waals surface area contributed by atoms with Crippen molar-refractivity contribution < 1.29 is 14.6 Å². The van der Waals surface area contributed by atoms with Gasteiger partial charge in [-0.3, -0.25) is 4.79 Å². The first kappa shape index (κ1) is 23.4. The number of hydrogen-bond donors (Lipinski definition) is 1. The lowest BCUT2D eigenvalue weighted by Gasteiger charge is -2.33. The molecule has 3 unspecified atom stereocenters. The Morgan fingerprint density at radius 2 is 1.59 bits per heavy atom. The van der Waals surface area contributed by atoms with Gasteiger partial charge in [0.1, 0.15) is 0 Å². The van der Waals surface area contributed by atoms with Crippen LogP contribution in [-0.2, 0) is 9.53 Å². The van der Waals surface area contributed by atoms with E-state index in [2.05, 4.69) is 45.9 Å². The third-order valence-electron chi connectivity index (χ3n) is 5.55. The SMILES string of the molecule is COC1=C(C)C(O)C(C/C=C(\C)CC/C=C(\C)CCC=C(C)C)C(C)C1=O. The van der Waals surface area contributed by atoms with Crippen LogP contribution in [0, 0.1) is 11.8 Å². The van der Waals surface area contributed by atoms with Crippen LogP contribution in [0.3, 0.4) is 0 Å². The summed E-state index contributed by atoms with van der Waals surface area (Å²) in [6.07, 6.45) is 11.2. The Kier molecular flexibility index (Phi) is 9.79. The summed E-state index contributed by atoms with van der Waals surface area (Å²) in [7, 11) is 1.50. The standard InChI is InChI=1S/C24H38O3/c1-16(2)10-8-11-17(3)12-9-13-18(4)14-15-21-19(5)23(26)24(27-7)20(6)22(21)25/h10,12,14,19,21-22,25H,8-9,11,13,15H2,1-7H3/b17-12+,18-14+. The molecule has 1 N–H and O–H groups in total. The molecule has 0 aliphatic heterocycles. The van der Waals surface area contributed by atoms with Crippen LogP contribution >= 0.6 is 0 Å². The van der Waals surface area contributed by atoms with Gasteiger partial charge < -0.3 is 9.84 Å². The van der Waals surface area contributed by atoms with Gasteiger partial charge in [0.2, 0.25) is 5.78 Å². The summed E-state index contributed by atoms with van der Waals surface area (Å²) in [5.41, 5.74) is 4.79. The third kappa shape index (κ3) is 7.14. The molecule has 0 aromatic rings. The molecular formula is C24H38O3. The van der Waals surface area contributed by atoms with Crippen LogP contribution in [-0.4, -0.2) is 24.1 Å². The fourth-order valence-corrected chi connectivity index (χ4v) is 3.60. The molecule has 152 valence electrons. The molecule has 1 rings (SSSR count). The third-order valence-corrected chi connectivity index (χ3v) is 5.55. The molecule has 0 radical (unpaired) electrons. The Hall–Kier alpha value is -1.61. The van der Waals surface area contributed by atoms with Crippen LogP contribution in [0.1, 0.15) is 73.6 Å². The van der Waals surface area contributed by atoms with Crippen molar-refractivity contribution in [3.63, 3.8) is 0 Å². The lowest BCUT2D eigenvalue weighted by atomic mass is 9.75. The molecule has 0 aromatic heterocycles. The Morgan fingerprint density at radius 3 is 2.15 bits per heavy atom. The largest absolute Gasteiger partial charge is 0.493 e. The number of methoxy groups -OCH3 is 1. The number of hydrogen-bond acceptors (Lipinski definition) is 3. The van der Waals surface area contributed by atoms with E-state index < -0.39 is 6.10 Å². The highest BCUT2D eigenvalue weighted by molar-refractivity contribution is 5.97. The fourth-order valence-electron chi connectivity index (χ4n) is 3.60. The van der Waals surface area contributed by atoms with Crippen LogP contribution in [0.15, 0.2) is 46.3 Å². The number of aliphatic hydroxyl groups excluding tert-OH is 1. The minimum Gasteiger partial charge on any atom is -0.493 e. The van der Waals surface area contributed by atoms with Crippen LogP contribution in [0.5, 0.6) is 0 Å². The first-order chi connectivity index (χ1) is 12.7. The highest BCUT2D eigenvalue weighted by atomic mass is 16.5. The molecule has 3 heteroatoms. The lowest BCUT2D eigenvalue weighted by Crippen LogP contribution is -2.38. The smallest absolute Gasteiger partial charge is 0.200 e. The molecule has 27 heavy (non-hydrogen) atoms. The number of carbonyl (C=O) groups excluding carboxylic acids is 1. The second kappa shape index (κ2) is 11.3. The molecule has 3 nitrogen and oxygen atoms in total. The minimum absolute atomic E-state index is 0.00581. The Balaban J connectivity index is 2.58. The van der Waals surface area contributed by atoms with Gasteiger partial charge in [-0.15, -0.1) is 0 Å². The summed E-state index contributed by atoms with van der Waals surface area (Å²) >= 11 is 0. The minimum atomic E-state index is -0.617. The molecule has 3 atom stereocenters. The first-order valence-corrected chi connectivity index (χ1v) is 10.1. The van der Waals surface area contributed by atoms with E-state index in [1.54, 1.807) is 6.92 Å². The number of rotatable bonds is 9. The number of allylic oxidation sites excluding steroid dienone is 7. The van der Waals surface area contributed by atoms with E-state index in [1.165, 1.54) is 23.8 Å². The summed E-state index contributed by atoms with van der Waals surface area (Å²) < 4.78 is 5.19. The first-order valence-electron chi connectivity index (χ1n) is 10.1. The van der Waals surface area contributed by atoms with Crippen molar-refractivity contribution in [1.29, 1.82) is 0 Å². The maximum absolute atomic E-state index is 12.4. The van der Waals surface area contributed by atoms with Gasteiger partial charge in [-0.05, 0) is 66.7 Å². The quantitative estimate of drug-likeness (QED) is 0.510. The summed E-state index contributed by atoms with van der Waals surface area (Å²) in [6.45, 7) is 12.3. The van der Waals surface area contributed by atoms with E-state index in [0.29, 0.717) is 11.3 Å². The maximum atomic E-state index is 12.4. The van der Waals surface area contributed by atoms with Crippen LogP contribution in [0.25, 0.3) is 0 Å². The molecule has 0 fully saturated rings. The van der Waals surface area contributed by atoms with Crippen LogP contribution < -0.4 is 0 Å². The molecule has 0 saturated carbocycles. The van der Waals surface area contributed by atoms with E-state index in [0.717, 1.165) is 32.1 Å². The normalized spacial score (nSPS) is 24.3. The van der Waals surface area contributed by atoms with E-state index >= 15 is 0 Å². The second-order valence-electron chi connectivity index (χ2n) is 8.17. The number of ketones is 1. The van der Waals surface area contributed by atoms with Gasteiger partial charge >= 0.3 is 0 Å². The molecule has 0 amide bonds. The topological polar surface area (TPSA) is 46.5 Å². The summed E-state index contributed by atoms with van der Waals surface area (Å²) in [6, 6.07) is 0. The zero-order chi connectivity index (χ0) is 20.6. The highest BCUT2D eigenvalue weighted by Gasteiger charge is 2.39. The van der Waals surface area contributed by atoms with E-state index in [4.69, 9.17) is 4.74 Å². The summed E-state index contributed by atoms with van der Waals surface area (Å²) in [4.78, 5) is 12.4. The molecule has 0 bridgehead atoms. The van der Waals surface area contributed by atoms with Crippen molar-refractivity contribution >= 4 is 5.78 Å². The Bertz CT molecular complexity index is 630. The number of ether oxygens (including phenoxy) is 1. The molecule has 0 aromatic carbocycles. The van der Waals surface area contributed by atoms with Gasteiger partial charge in [0.15, 0.2) is 5.76 Å². The monoisotopic (exact) mass is 374 g/mol. The zero-order valence-corrected chi connectivity index (χ0v) is 18.3. The second-order valence-corrected chi connectivity index (χ2v) is 8.17. The lowest BCUT2D eigenvalue weighted by molar-refractivity contribution is -0.126. The van der Waals surface area contributed by atoms with Gasteiger partial charge in [0.25, 0.3) is 0 Å². The van der Waals surface area contributed by atoms with Gasteiger partial charge in [-0.1, -0.05) is 41.9 Å². The van der Waals surface area contributed by atoms with Crippen molar-refractivity contribution in [2.24, 2.45) is 11.8 Å². The maximum Gasteiger partial charge on any atom is 0.200 e. The van der Waals surface area contributed by atoms with Gasteiger partial charge in [-0.2, -0.15) is 0 Å². The number of carbonyl (C=O) groups is 1. The highest BCUT2D eigenvalue weighted by Crippen LogP contribution is 2.34. The van der Waals surface area contributed by atoms with Crippen molar-refractivity contribution in [2.45, 2.75) is 79.8 Å². The fraction of sp³-hybridized carbons (Fsp3) is 0.625.